The van der Waals surface area contributed by atoms with Crippen molar-refractivity contribution in [1.82, 2.24) is 20.1 Å². The fraction of sp³-hybridized carbons (Fsp3) is 0.320. The van der Waals surface area contributed by atoms with E-state index in [1.54, 1.807) is 24.0 Å². The highest BCUT2D eigenvalue weighted by Gasteiger charge is 2.27. The number of allylic oxidation sites excluding steroid dienone is 1. The van der Waals surface area contributed by atoms with Crippen LogP contribution in [0, 0.1) is 18.6 Å². The normalized spacial score (nSPS) is 14.6. The van der Waals surface area contributed by atoms with Crippen LogP contribution < -0.4 is 10.1 Å². The van der Waals surface area contributed by atoms with E-state index >= 15 is 0 Å². The Bertz CT molecular complexity index is 1290. The highest BCUT2D eigenvalue weighted by atomic mass is 19.1. The Kier molecular flexibility index (Phi) is 8.96. The van der Waals surface area contributed by atoms with Gasteiger partial charge in [0.05, 0.1) is 17.3 Å². The van der Waals surface area contributed by atoms with Gasteiger partial charge in [0.1, 0.15) is 11.7 Å². The Labute approximate surface area is 208 Å². The molecule has 1 aromatic carbocycles. The van der Waals surface area contributed by atoms with Gasteiger partial charge < -0.3 is 25.0 Å². The number of aryl methyl sites for hydroxylation is 1. The first kappa shape index (κ1) is 26.6. The maximum Gasteiger partial charge on any atom is 0.181 e. The number of halogens is 2. The van der Waals surface area contributed by atoms with Gasteiger partial charge >= 0.3 is 0 Å². The van der Waals surface area contributed by atoms with E-state index in [1.807, 2.05) is 32.9 Å². The quantitative estimate of drug-likeness (QED) is 0.267. The monoisotopic (exact) mass is 499 g/mol. The number of fused-ring (bicyclic) bond motifs is 1. The lowest BCUT2D eigenvalue weighted by Crippen LogP contribution is -2.53. The number of anilines is 1. The molecule has 4 rings (SSSR count). The molecule has 0 aliphatic carbocycles. The first-order chi connectivity index (χ1) is 17.4. The summed E-state index contributed by atoms with van der Waals surface area (Å²) in [6.07, 6.45) is 4.88. The van der Waals surface area contributed by atoms with Crippen LogP contribution in [0.4, 0.5) is 14.6 Å². The summed E-state index contributed by atoms with van der Waals surface area (Å²) in [6.45, 7) is 11.6. The zero-order valence-electron chi connectivity index (χ0n) is 20.8. The molecule has 1 aliphatic rings. The molecular weight excluding hydrogens is 468 g/mol. The van der Waals surface area contributed by atoms with Gasteiger partial charge in [-0.25, -0.2) is 18.8 Å². The number of aliphatic imine (C=N–C) groups is 2. The number of likely N-dealkylation sites (tertiary alicyclic amines) is 1. The smallest absolute Gasteiger partial charge is 0.181 e. The number of aromatic nitrogens is 3. The Morgan fingerprint density at radius 1 is 1.33 bits per heavy atom. The van der Waals surface area contributed by atoms with Gasteiger partial charge in [-0.1, -0.05) is 19.9 Å². The number of nitrogens with one attached hydrogen (secondary N) is 3. The predicted molar refractivity (Wildman–Crippen MR) is 139 cm³/mol. The molecule has 3 aromatic rings. The van der Waals surface area contributed by atoms with E-state index in [2.05, 4.69) is 37.2 Å². The molecule has 0 radical (unpaired) electrons. The van der Waals surface area contributed by atoms with Crippen molar-refractivity contribution in [2.45, 2.75) is 33.8 Å². The van der Waals surface area contributed by atoms with Crippen molar-refractivity contribution in [2.75, 3.05) is 25.1 Å². The van der Waals surface area contributed by atoms with E-state index < -0.39 is 17.7 Å². The third kappa shape index (κ3) is 6.16. The van der Waals surface area contributed by atoms with Gasteiger partial charge in [-0.15, -0.1) is 0 Å². The molecule has 1 aliphatic heterocycles. The second kappa shape index (κ2) is 12.1. The maximum absolute atomic E-state index is 14.8. The summed E-state index contributed by atoms with van der Waals surface area (Å²) in [5, 5.41) is 19.9. The molecule has 192 valence electrons. The van der Waals surface area contributed by atoms with Gasteiger partial charge in [0.25, 0.3) is 0 Å². The van der Waals surface area contributed by atoms with Crippen LogP contribution in [0.3, 0.4) is 0 Å². The molecule has 36 heavy (non-hydrogen) atoms. The number of aliphatic hydroxyl groups excluding tert-OH is 1. The molecule has 0 amide bonds. The maximum atomic E-state index is 14.8. The molecule has 2 aromatic heterocycles. The van der Waals surface area contributed by atoms with Crippen LogP contribution in [0.5, 0.6) is 5.75 Å². The van der Waals surface area contributed by atoms with Crippen molar-refractivity contribution < 1.29 is 18.6 Å². The number of rotatable bonds is 8. The first-order valence-electron chi connectivity index (χ1n) is 11.6. The molecule has 0 saturated carbocycles. The standard InChI is InChI=1S/C23H25F2N7O2.C2H6/c1-4-5-14-7-20(31-30-14)29-19(26-3)9-21(32-10-15(33)11-32)27-12-34-18-8-17(24)23-16(22(18)25)6-13(2)28-23;1-2/h4-9,15,28,33H,3,10-12H2,1-2H3,(H2,29,30,31);1-2H3/b5-4+,19-9+,27-21+;. The van der Waals surface area contributed by atoms with Crippen molar-refractivity contribution in [2.24, 2.45) is 9.98 Å². The zero-order valence-corrected chi connectivity index (χ0v) is 20.8. The Balaban J connectivity index is 0.00000176. The van der Waals surface area contributed by atoms with Crippen molar-refractivity contribution in [3.8, 4) is 5.75 Å². The van der Waals surface area contributed by atoms with E-state index in [1.165, 1.54) is 6.07 Å². The Hall–Kier alpha value is -3.99. The lowest BCUT2D eigenvalue weighted by molar-refractivity contribution is 0.0468. The third-order valence-electron chi connectivity index (χ3n) is 5.17. The lowest BCUT2D eigenvalue weighted by Gasteiger charge is -2.37. The van der Waals surface area contributed by atoms with Crippen LogP contribution >= 0.6 is 0 Å². The second-order valence-electron chi connectivity index (χ2n) is 7.78. The summed E-state index contributed by atoms with van der Waals surface area (Å²) < 4.78 is 34.6. The molecule has 3 heterocycles. The highest BCUT2D eigenvalue weighted by molar-refractivity contribution is 5.94. The fourth-order valence-corrected chi connectivity index (χ4v) is 3.53. The number of aromatic amines is 2. The van der Waals surface area contributed by atoms with Crippen molar-refractivity contribution in [1.29, 1.82) is 0 Å². The largest absolute Gasteiger partial charge is 0.468 e. The Morgan fingerprint density at radius 2 is 2.08 bits per heavy atom. The number of ether oxygens (including phenoxy) is 1. The average molecular weight is 500 g/mol. The van der Waals surface area contributed by atoms with E-state index in [-0.39, 0.29) is 23.4 Å². The van der Waals surface area contributed by atoms with E-state index in [9.17, 15) is 13.9 Å². The van der Waals surface area contributed by atoms with Crippen LogP contribution in [0.1, 0.15) is 32.2 Å². The molecule has 0 unspecified atom stereocenters. The molecule has 0 atom stereocenters. The van der Waals surface area contributed by atoms with E-state index in [0.29, 0.717) is 36.3 Å². The molecule has 4 N–H and O–H groups in total. The van der Waals surface area contributed by atoms with Crippen LogP contribution in [0.25, 0.3) is 17.0 Å². The topological polar surface area (TPSA) is 114 Å². The first-order valence-corrected chi connectivity index (χ1v) is 11.6. The second-order valence-corrected chi connectivity index (χ2v) is 7.78. The molecule has 1 saturated heterocycles. The number of nitrogens with zero attached hydrogens (tertiary/aromatic N) is 4. The van der Waals surface area contributed by atoms with Gasteiger partial charge in [-0.2, -0.15) is 5.10 Å². The SMILES string of the molecule is C=N/C(=C\C(=N/COc1cc(F)c2[nH]c(C)cc2c1F)N1CC(O)C1)Nc1cc(/C=C/C)[nH]n1.CC. The number of H-pyrrole nitrogens is 2. The highest BCUT2D eigenvalue weighted by Crippen LogP contribution is 2.29. The Morgan fingerprint density at radius 3 is 2.75 bits per heavy atom. The lowest BCUT2D eigenvalue weighted by atomic mass is 10.1. The van der Waals surface area contributed by atoms with Gasteiger partial charge in [0.2, 0.25) is 0 Å². The van der Waals surface area contributed by atoms with Gasteiger partial charge in [0, 0.05) is 42.4 Å². The number of amidine groups is 1. The number of benzene rings is 1. The number of hydrogen-bond donors (Lipinski definition) is 4. The van der Waals surface area contributed by atoms with Crippen LogP contribution in [-0.4, -0.2) is 63.7 Å². The minimum absolute atomic E-state index is 0.0905. The summed E-state index contributed by atoms with van der Waals surface area (Å²) in [5.74, 6) is -0.207. The van der Waals surface area contributed by atoms with E-state index in [4.69, 9.17) is 4.74 Å². The molecular formula is C25H31F2N7O2. The molecule has 0 spiro atoms. The minimum Gasteiger partial charge on any atom is -0.468 e. The van der Waals surface area contributed by atoms with Gasteiger partial charge in [-0.3, -0.25) is 5.10 Å². The van der Waals surface area contributed by atoms with Crippen molar-refractivity contribution in [3.05, 3.63) is 59.2 Å². The average Bonchev–Trinajstić information content (AvgIpc) is 3.47. The molecule has 0 bridgehead atoms. The van der Waals surface area contributed by atoms with Crippen LogP contribution in [-0.2, 0) is 0 Å². The van der Waals surface area contributed by atoms with E-state index in [0.717, 1.165) is 11.8 Å². The number of β-amino-alcohol motifs (C(OH)–C–C–N with tert-alkyl or cyclic N) is 1. The van der Waals surface area contributed by atoms with Crippen molar-refractivity contribution in [3.63, 3.8) is 0 Å². The molecule has 1 fully saturated rings. The van der Waals surface area contributed by atoms with Crippen LogP contribution in [0.15, 0.2) is 46.2 Å². The summed E-state index contributed by atoms with van der Waals surface area (Å²) in [6, 6.07) is 4.30. The number of aliphatic hydroxyl groups is 1. The minimum atomic E-state index is -0.669. The zero-order chi connectivity index (χ0) is 26.2. The third-order valence-corrected chi connectivity index (χ3v) is 5.17. The summed E-state index contributed by atoms with van der Waals surface area (Å²) in [4.78, 5) is 12.9. The van der Waals surface area contributed by atoms with Crippen LogP contribution in [0.2, 0.25) is 0 Å². The van der Waals surface area contributed by atoms with Gasteiger partial charge in [0.15, 0.2) is 29.9 Å². The van der Waals surface area contributed by atoms with Gasteiger partial charge in [-0.05, 0) is 32.7 Å². The molecule has 9 nitrogen and oxygen atoms in total. The van der Waals surface area contributed by atoms with Crippen molar-refractivity contribution >= 4 is 35.3 Å². The summed E-state index contributed by atoms with van der Waals surface area (Å²) in [5.41, 5.74) is 1.54. The number of hydrogen-bond acceptors (Lipinski definition) is 6. The predicted octanol–water partition coefficient (Wildman–Crippen LogP) is 4.60. The summed E-state index contributed by atoms with van der Waals surface area (Å²) in [7, 11) is 0. The fourth-order valence-electron chi connectivity index (χ4n) is 3.53. The summed E-state index contributed by atoms with van der Waals surface area (Å²) >= 11 is 0. The molecule has 11 heteroatoms.